The van der Waals surface area contributed by atoms with Gasteiger partial charge in [0.2, 0.25) is 5.91 Å². The van der Waals surface area contributed by atoms with Gasteiger partial charge in [0, 0.05) is 26.2 Å². The zero-order valence-corrected chi connectivity index (χ0v) is 10.9. The van der Waals surface area contributed by atoms with Gasteiger partial charge in [0.1, 0.15) is 0 Å². The first-order valence-electron chi connectivity index (χ1n) is 6.66. The summed E-state index contributed by atoms with van der Waals surface area (Å²) in [6.07, 6.45) is 4.83. The number of likely N-dealkylation sites (tertiary alicyclic amines) is 1. The molecule has 4 nitrogen and oxygen atoms in total. The monoisotopic (exact) mass is 240 g/mol. The maximum absolute atomic E-state index is 12.3. The summed E-state index contributed by atoms with van der Waals surface area (Å²) >= 11 is 0. The standard InChI is InChI=1S/C13H24N2O2/c1-10-4-7-15(11(10)9-14)12(16)8-13(17-2)5-3-6-13/h10-11H,3-9,14H2,1-2H3. The number of hydrogen-bond acceptors (Lipinski definition) is 3. The van der Waals surface area contributed by atoms with Crippen molar-refractivity contribution in [2.45, 2.75) is 50.7 Å². The molecule has 2 N–H and O–H groups in total. The molecule has 1 aliphatic carbocycles. The smallest absolute Gasteiger partial charge is 0.225 e. The summed E-state index contributed by atoms with van der Waals surface area (Å²) < 4.78 is 5.52. The molecule has 0 spiro atoms. The van der Waals surface area contributed by atoms with Gasteiger partial charge in [-0.3, -0.25) is 4.79 Å². The lowest BCUT2D eigenvalue weighted by Crippen LogP contribution is -2.48. The van der Waals surface area contributed by atoms with E-state index in [0.717, 1.165) is 25.8 Å². The summed E-state index contributed by atoms with van der Waals surface area (Å²) in [6.45, 7) is 3.62. The highest BCUT2D eigenvalue weighted by atomic mass is 16.5. The average Bonchev–Trinajstić information content (AvgIpc) is 2.64. The van der Waals surface area contributed by atoms with Crippen LogP contribution < -0.4 is 5.73 Å². The Bertz CT molecular complexity index is 284. The summed E-state index contributed by atoms with van der Waals surface area (Å²) in [4.78, 5) is 14.3. The van der Waals surface area contributed by atoms with Crippen LogP contribution in [0.4, 0.5) is 0 Å². The number of methoxy groups -OCH3 is 1. The Morgan fingerprint density at radius 3 is 2.71 bits per heavy atom. The van der Waals surface area contributed by atoms with Crippen LogP contribution in [0.1, 0.15) is 39.0 Å². The lowest BCUT2D eigenvalue weighted by atomic mass is 9.77. The van der Waals surface area contributed by atoms with E-state index in [4.69, 9.17) is 10.5 Å². The number of carbonyl (C=O) groups excluding carboxylic acids is 1. The van der Waals surface area contributed by atoms with E-state index in [1.165, 1.54) is 6.42 Å². The van der Waals surface area contributed by atoms with Gasteiger partial charge in [-0.1, -0.05) is 6.92 Å². The molecule has 2 atom stereocenters. The average molecular weight is 240 g/mol. The molecular formula is C13H24N2O2. The molecule has 1 amide bonds. The Balaban J connectivity index is 1.95. The Morgan fingerprint density at radius 1 is 1.53 bits per heavy atom. The van der Waals surface area contributed by atoms with Gasteiger partial charge in [-0.2, -0.15) is 0 Å². The first kappa shape index (κ1) is 12.8. The van der Waals surface area contributed by atoms with Crippen molar-refractivity contribution in [2.75, 3.05) is 20.2 Å². The SMILES string of the molecule is COC1(CC(=O)N2CCC(C)C2CN)CCC1. The molecule has 98 valence electrons. The fraction of sp³-hybridized carbons (Fsp3) is 0.923. The van der Waals surface area contributed by atoms with E-state index in [1.54, 1.807) is 7.11 Å². The molecule has 0 bridgehead atoms. The fourth-order valence-corrected chi connectivity index (χ4v) is 3.08. The maximum Gasteiger partial charge on any atom is 0.225 e. The minimum Gasteiger partial charge on any atom is -0.378 e. The van der Waals surface area contributed by atoms with Crippen LogP contribution in [0.2, 0.25) is 0 Å². The van der Waals surface area contributed by atoms with E-state index in [0.29, 0.717) is 18.9 Å². The zero-order valence-electron chi connectivity index (χ0n) is 10.9. The Kier molecular flexibility index (Phi) is 3.73. The molecule has 0 aromatic carbocycles. The highest BCUT2D eigenvalue weighted by Gasteiger charge is 2.42. The van der Waals surface area contributed by atoms with Crippen molar-refractivity contribution >= 4 is 5.91 Å². The number of hydrogen-bond donors (Lipinski definition) is 1. The van der Waals surface area contributed by atoms with Crippen molar-refractivity contribution in [2.24, 2.45) is 11.7 Å². The molecule has 0 aromatic rings. The van der Waals surface area contributed by atoms with Crippen LogP contribution in [0.15, 0.2) is 0 Å². The maximum atomic E-state index is 12.3. The van der Waals surface area contributed by atoms with Crippen molar-refractivity contribution in [3.63, 3.8) is 0 Å². The number of nitrogens with two attached hydrogens (primary N) is 1. The van der Waals surface area contributed by atoms with Gasteiger partial charge in [-0.05, 0) is 31.6 Å². The van der Waals surface area contributed by atoms with Crippen molar-refractivity contribution in [1.29, 1.82) is 0 Å². The first-order valence-corrected chi connectivity index (χ1v) is 6.66. The lowest BCUT2D eigenvalue weighted by molar-refractivity contribution is -0.145. The van der Waals surface area contributed by atoms with Gasteiger partial charge in [0.05, 0.1) is 12.0 Å². The van der Waals surface area contributed by atoms with Gasteiger partial charge in [-0.25, -0.2) is 0 Å². The van der Waals surface area contributed by atoms with Crippen LogP contribution in [0, 0.1) is 5.92 Å². The predicted molar refractivity (Wildman–Crippen MR) is 66.5 cm³/mol. The molecule has 2 aliphatic rings. The van der Waals surface area contributed by atoms with Crippen molar-refractivity contribution in [3.8, 4) is 0 Å². The van der Waals surface area contributed by atoms with E-state index in [-0.39, 0.29) is 17.6 Å². The minimum atomic E-state index is -0.165. The van der Waals surface area contributed by atoms with Gasteiger partial charge in [-0.15, -0.1) is 0 Å². The van der Waals surface area contributed by atoms with E-state index in [2.05, 4.69) is 6.92 Å². The summed E-state index contributed by atoms with van der Waals surface area (Å²) in [7, 11) is 1.72. The summed E-state index contributed by atoms with van der Waals surface area (Å²) in [5.74, 6) is 0.759. The normalized spacial score (nSPS) is 31.4. The fourth-order valence-electron chi connectivity index (χ4n) is 3.08. The molecule has 17 heavy (non-hydrogen) atoms. The molecule has 2 rings (SSSR count). The van der Waals surface area contributed by atoms with E-state index >= 15 is 0 Å². The Labute approximate surface area is 103 Å². The Hall–Kier alpha value is -0.610. The number of amides is 1. The highest BCUT2D eigenvalue weighted by Crippen LogP contribution is 2.39. The van der Waals surface area contributed by atoms with Crippen LogP contribution in [0.3, 0.4) is 0 Å². The van der Waals surface area contributed by atoms with Gasteiger partial charge in [0.25, 0.3) is 0 Å². The quantitative estimate of drug-likeness (QED) is 0.801. The number of ether oxygens (including phenoxy) is 1. The molecular weight excluding hydrogens is 216 g/mol. The van der Waals surface area contributed by atoms with E-state index < -0.39 is 0 Å². The number of nitrogens with zero attached hydrogens (tertiary/aromatic N) is 1. The molecule has 0 radical (unpaired) electrons. The molecule has 1 saturated heterocycles. The molecule has 1 saturated carbocycles. The number of rotatable bonds is 4. The largest absolute Gasteiger partial charge is 0.378 e. The summed E-state index contributed by atoms with van der Waals surface area (Å²) in [6, 6.07) is 0.233. The van der Waals surface area contributed by atoms with Crippen LogP contribution >= 0.6 is 0 Å². The van der Waals surface area contributed by atoms with Crippen molar-refractivity contribution in [1.82, 2.24) is 4.90 Å². The Morgan fingerprint density at radius 2 is 2.24 bits per heavy atom. The van der Waals surface area contributed by atoms with Crippen LogP contribution in [0.25, 0.3) is 0 Å². The van der Waals surface area contributed by atoms with Crippen molar-refractivity contribution < 1.29 is 9.53 Å². The molecule has 0 aromatic heterocycles. The second kappa shape index (κ2) is 4.94. The third kappa shape index (κ3) is 2.33. The van der Waals surface area contributed by atoms with E-state index in [1.807, 2.05) is 4.90 Å². The number of carbonyl (C=O) groups is 1. The lowest BCUT2D eigenvalue weighted by Gasteiger charge is -2.41. The summed E-state index contributed by atoms with van der Waals surface area (Å²) in [5.41, 5.74) is 5.61. The summed E-state index contributed by atoms with van der Waals surface area (Å²) in [5, 5.41) is 0. The van der Waals surface area contributed by atoms with Crippen LogP contribution in [0.5, 0.6) is 0 Å². The second-order valence-electron chi connectivity index (χ2n) is 5.57. The topological polar surface area (TPSA) is 55.6 Å². The van der Waals surface area contributed by atoms with Crippen molar-refractivity contribution in [3.05, 3.63) is 0 Å². The minimum absolute atomic E-state index is 0.165. The molecule has 4 heteroatoms. The molecule has 1 aliphatic heterocycles. The molecule has 1 heterocycles. The van der Waals surface area contributed by atoms with Crippen LogP contribution in [-0.4, -0.2) is 42.6 Å². The third-order valence-corrected chi connectivity index (χ3v) is 4.62. The zero-order chi connectivity index (χ0) is 12.5. The molecule has 2 unspecified atom stereocenters. The van der Waals surface area contributed by atoms with Gasteiger partial charge in [0.15, 0.2) is 0 Å². The molecule has 2 fully saturated rings. The van der Waals surface area contributed by atoms with E-state index in [9.17, 15) is 4.79 Å². The first-order chi connectivity index (χ1) is 8.12. The second-order valence-corrected chi connectivity index (χ2v) is 5.57. The predicted octanol–water partition coefficient (Wildman–Crippen LogP) is 1.14. The van der Waals surface area contributed by atoms with Gasteiger partial charge >= 0.3 is 0 Å². The van der Waals surface area contributed by atoms with Crippen LogP contribution in [-0.2, 0) is 9.53 Å². The van der Waals surface area contributed by atoms with Gasteiger partial charge < -0.3 is 15.4 Å². The highest BCUT2D eigenvalue weighted by molar-refractivity contribution is 5.78. The third-order valence-electron chi connectivity index (χ3n) is 4.62.